The third kappa shape index (κ3) is 5.29. The van der Waals surface area contributed by atoms with E-state index in [0.717, 1.165) is 37.7 Å². The summed E-state index contributed by atoms with van der Waals surface area (Å²) in [6.45, 7) is 3.51. The van der Waals surface area contributed by atoms with Crippen LogP contribution in [0.4, 0.5) is 0 Å². The molecule has 1 aromatic carbocycles. The monoisotopic (exact) mass is 512 g/mol. The van der Waals surface area contributed by atoms with Crippen LogP contribution in [0.1, 0.15) is 67.8 Å². The first-order valence-corrected chi connectivity index (χ1v) is 12.9. The van der Waals surface area contributed by atoms with Crippen LogP contribution < -0.4 is 14.8 Å². The SMILES string of the molecule is COc1cc(C=O)cc2c1O[C@@H]1[C@@H](O)[C@H](N(C(=O)C=C(C)C)C3CCCCC3)C=C(C(=O)NCCO)[C@H]21. The lowest BCUT2D eigenvalue weighted by atomic mass is 9.76. The van der Waals surface area contributed by atoms with E-state index < -0.39 is 30.1 Å². The molecule has 4 rings (SSSR count). The Morgan fingerprint density at radius 1 is 1.22 bits per heavy atom. The van der Waals surface area contributed by atoms with Crippen molar-refractivity contribution in [2.24, 2.45) is 0 Å². The van der Waals surface area contributed by atoms with Gasteiger partial charge in [-0.1, -0.05) is 24.8 Å². The second-order valence-electron chi connectivity index (χ2n) is 10.2. The first-order valence-electron chi connectivity index (χ1n) is 12.9. The molecule has 3 aliphatic rings. The Balaban J connectivity index is 1.84. The fourth-order valence-electron chi connectivity index (χ4n) is 5.78. The summed E-state index contributed by atoms with van der Waals surface area (Å²) in [6, 6.07) is 2.32. The largest absolute Gasteiger partial charge is 0.493 e. The Bertz CT molecular complexity index is 1100. The molecule has 2 aliphatic carbocycles. The van der Waals surface area contributed by atoms with Crippen LogP contribution in [0.15, 0.2) is 35.4 Å². The maximum absolute atomic E-state index is 13.5. The van der Waals surface area contributed by atoms with E-state index in [1.54, 1.807) is 29.2 Å². The summed E-state index contributed by atoms with van der Waals surface area (Å²) in [5.41, 5.74) is 2.08. The van der Waals surface area contributed by atoms with Gasteiger partial charge in [-0.15, -0.1) is 0 Å². The number of aliphatic hydroxyl groups is 2. The predicted octanol–water partition coefficient (Wildman–Crippen LogP) is 2.26. The van der Waals surface area contributed by atoms with Crippen LogP contribution in [0.25, 0.3) is 0 Å². The minimum absolute atomic E-state index is 0.0508. The molecule has 4 atom stereocenters. The molecule has 0 saturated heterocycles. The number of carbonyl (C=O) groups excluding carboxylic acids is 3. The van der Waals surface area contributed by atoms with Gasteiger partial charge < -0.3 is 29.9 Å². The van der Waals surface area contributed by atoms with E-state index in [9.17, 15) is 24.6 Å². The van der Waals surface area contributed by atoms with Crippen molar-refractivity contribution >= 4 is 18.1 Å². The molecule has 37 heavy (non-hydrogen) atoms. The van der Waals surface area contributed by atoms with Crippen LogP contribution in [0.3, 0.4) is 0 Å². The van der Waals surface area contributed by atoms with Gasteiger partial charge in [-0.05, 0) is 44.9 Å². The number of hydrogen-bond donors (Lipinski definition) is 3. The lowest BCUT2D eigenvalue weighted by Crippen LogP contribution is -2.58. The molecule has 0 bridgehead atoms. The molecule has 0 unspecified atom stereocenters. The van der Waals surface area contributed by atoms with Gasteiger partial charge in [0, 0.05) is 35.4 Å². The summed E-state index contributed by atoms with van der Waals surface area (Å²) in [6.07, 6.45) is 6.62. The third-order valence-electron chi connectivity index (χ3n) is 7.37. The van der Waals surface area contributed by atoms with E-state index in [-0.39, 0.29) is 25.1 Å². The predicted molar refractivity (Wildman–Crippen MR) is 137 cm³/mol. The smallest absolute Gasteiger partial charge is 0.247 e. The first kappa shape index (κ1) is 26.9. The van der Waals surface area contributed by atoms with Crippen molar-refractivity contribution in [1.82, 2.24) is 10.2 Å². The Kier molecular flexibility index (Phi) is 8.34. The van der Waals surface area contributed by atoms with E-state index in [1.807, 2.05) is 13.8 Å². The molecular weight excluding hydrogens is 476 g/mol. The molecule has 1 aromatic rings. The van der Waals surface area contributed by atoms with E-state index in [4.69, 9.17) is 9.47 Å². The number of carbonyl (C=O) groups is 3. The number of fused-ring (bicyclic) bond motifs is 3. The minimum Gasteiger partial charge on any atom is -0.493 e. The van der Waals surface area contributed by atoms with Gasteiger partial charge in [0.15, 0.2) is 11.5 Å². The van der Waals surface area contributed by atoms with E-state index in [1.165, 1.54) is 7.11 Å². The second-order valence-corrected chi connectivity index (χ2v) is 10.2. The zero-order chi connectivity index (χ0) is 26.7. The molecule has 9 nitrogen and oxygen atoms in total. The van der Waals surface area contributed by atoms with Crippen LogP contribution in [-0.4, -0.2) is 77.8 Å². The third-order valence-corrected chi connectivity index (χ3v) is 7.37. The van der Waals surface area contributed by atoms with Gasteiger partial charge >= 0.3 is 0 Å². The number of aliphatic hydroxyl groups excluding tert-OH is 2. The standard InChI is InChI=1S/C28H36N2O7/c1-16(2)11-23(33)30(18-7-5-4-6-8-18)21-14-20(28(35)29-9-10-31)24-19-12-17(15-32)13-22(36-3)26(19)37-27(24)25(21)34/h11-15,18,21,24-25,27,31,34H,4-10H2,1-3H3,(H,29,35)/t21-,24+,25+,27+/m1/s1. The summed E-state index contributed by atoms with van der Waals surface area (Å²) >= 11 is 0. The van der Waals surface area contributed by atoms with Gasteiger partial charge in [0.2, 0.25) is 11.8 Å². The number of nitrogens with zero attached hydrogens (tertiary/aromatic N) is 1. The number of aldehydes is 1. The number of methoxy groups -OCH3 is 1. The number of nitrogens with one attached hydrogen (secondary N) is 1. The highest BCUT2D eigenvalue weighted by Gasteiger charge is 2.52. The highest BCUT2D eigenvalue weighted by Crippen LogP contribution is 2.51. The van der Waals surface area contributed by atoms with Crippen molar-refractivity contribution in [1.29, 1.82) is 0 Å². The highest BCUT2D eigenvalue weighted by atomic mass is 16.5. The van der Waals surface area contributed by atoms with Crippen LogP contribution in [0.2, 0.25) is 0 Å². The van der Waals surface area contributed by atoms with E-state index >= 15 is 0 Å². The van der Waals surface area contributed by atoms with Crippen molar-refractivity contribution in [3.8, 4) is 11.5 Å². The molecular formula is C28H36N2O7. The quantitative estimate of drug-likeness (QED) is 0.360. The summed E-state index contributed by atoms with van der Waals surface area (Å²) in [4.78, 5) is 40.2. The summed E-state index contributed by atoms with van der Waals surface area (Å²) < 4.78 is 11.7. The molecule has 0 aromatic heterocycles. The number of amides is 2. The van der Waals surface area contributed by atoms with Crippen molar-refractivity contribution in [2.75, 3.05) is 20.3 Å². The topological polar surface area (TPSA) is 125 Å². The molecule has 200 valence electrons. The Morgan fingerprint density at radius 3 is 2.57 bits per heavy atom. The molecule has 1 saturated carbocycles. The number of rotatable bonds is 8. The average molecular weight is 513 g/mol. The lowest BCUT2D eigenvalue weighted by molar-refractivity contribution is -0.136. The van der Waals surface area contributed by atoms with Crippen LogP contribution in [-0.2, 0) is 9.59 Å². The summed E-state index contributed by atoms with van der Waals surface area (Å²) in [5, 5.41) is 23.7. The number of allylic oxidation sites excluding steroid dienone is 1. The normalized spacial score (nSPS) is 24.6. The fourth-order valence-corrected chi connectivity index (χ4v) is 5.78. The van der Waals surface area contributed by atoms with Gasteiger partial charge in [-0.2, -0.15) is 0 Å². The van der Waals surface area contributed by atoms with E-state index in [2.05, 4.69) is 5.32 Å². The van der Waals surface area contributed by atoms with Gasteiger partial charge in [0.25, 0.3) is 0 Å². The van der Waals surface area contributed by atoms with Crippen molar-refractivity contribution in [2.45, 2.75) is 76.2 Å². The van der Waals surface area contributed by atoms with Crippen molar-refractivity contribution < 1.29 is 34.1 Å². The Labute approximate surface area is 217 Å². The number of ether oxygens (including phenoxy) is 2. The van der Waals surface area contributed by atoms with Crippen molar-refractivity contribution in [3.05, 3.63) is 46.6 Å². The molecule has 2 amide bonds. The molecule has 1 fully saturated rings. The minimum atomic E-state index is -1.13. The maximum Gasteiger partial charge on any atom is 0.247 e. The van der Waals surface area contributed by atoms with Gasteiger partial charge in [0.05, 0.1) is 25.7 Å². The molecule has 0 radical (unpaired) electrons. The average Bonchev–Trinajstić information content (AvgIpc) is 3.28. The lowest BCUT2D eigenvalue weighted by Gasteiger charge is -2.44. The second kappa shape index (κ2) is 11.5. The van der Waals surface area contributed by atoms with E-state index in [0.29, 0.717) is 34.5 Å². The van der Waals surface area contributed by atoms with Gasteiger partial charge in [0.1, 0.15) is 18.5 Å². The molecule has 3 N–H and O–H groups in total. The Hall–Kier alpha value is -3.17. The zero-order valence-electron chi connectivity index (χ0n) is 21.6. The Morgan fingerprint density at radius 2 is 1.95 bits per heavy atom. The number of hydrogen-bond acceptors (Lipinski definition) is 7. The molecule has 1 aliphatic heterocycles. The van der Waals surface area contributed by atoms with Crippen LogP contribution >= 0.6 is 0 Å². The molecule has 1 heterocycles. The molecule has 0 spiro atoms. The maximum atomic E-state index is 13.5. The highest BCUT2D eigenvalue weighted by molar-refractivity contribution is 5.97. The molecule has 9 heteroatoms. The van der Waals surface area contributed by atoms with Crippen LogP contribution in [0.5, 0.6) is 11.5 Å². The fraction of sp³-hybridized carbons (Fsp3) is 0.536. The van der Waals surface area contributed by atoms with Gasteiger partial charge in [-0.25, -0.2) is 0 Å². The van der Waals surface area contributed by atoms with Gasteiger partial charge in [-0.3, -0.25) is 14.4 Å². The van der Waals surface area contributed by atoms with Crippen molar-refractivity contribution in [3.63, 3.8) is 0 Å². The number of benzene rings is 1. The first-order chi connectivity index (χ1) is 17.8. The summed E-state index contributed by atoms with van der Waals surface area (Å²) in [5.74, 6) is -0.621. The van der Waals surface area contributed by atoms with Crippen LogP contribution in [0, 0.1) is 0 Å². The zero-order valence-corrected chi connectivity index (χ0v) is 21.6. The summed E-state index contributed by atoms with van der Waals surface area (Å²) in [7, 11) is 1.46.